The largest absolute Gasteiger partial charge is 0.503 e. The van der Waals surface area contributed by atoms with Crippen LogP contribution in [-0.2, 0) is 35.4 Å². The first-order valence-electron chi connectivity index (χ1n) is 16.4. The lowest BCUT2D eigenvalue weighted by Gasteiger charge is -2.50. The number of quaternary nitrogens is 1. The number of nitrogen functional groups attached to an aromatic ring is 1. The van der Waals surface area contributed by atoms with Crippen molar-refractivity contribution < 1.29 is 58.5 Å². The number of aliphatic carboxylic acids is 3. The number of oxime groups is 1. The van der Waals surface area contributed by atoms with Gasteiger partial charge in [-0.3, -0.25) is 28.9 Å². The normalized spacial score (nSPS) is 21.4. The molecule has 53 heavy (non-hydrogen) atoms. The first-order chi connectivity index (χ1) is 25.2. The summed E-state index contributed by atoms with van der Waals surface area (Å²) in [4.78, 5) is 99.1. The smallest absolute Gasteiger partial charge is 0.352 e. The van der Waals surface area contributed by atoms with Crippen LogP contribution in [0.4, 0.5) is 5.13 Å². The van der Waals surface area contributed by atoms with Gasteiger partial charge in [-0.15, -0.1) is 23.1 Å². The van der Waals surface area contributed by atoms with Gasteiger partial charge in [0.2, 0.25) is 11.5 Å². The Kier molecular flexibility index (Phi) is 10.5. The first-order valence-corrected chi connectivity index (χ1v) is 18.3. The number of carbonyl (C=O) groups excluding carboxylic acids is 3. The Hall–Kier alpha value is -5.48. The third-order valence-electron chi connectivity index (χ3n) is 9.53. The highest BCUT2D eigenvalue weighted by atomic mass is 32.2. The molecule has 6 rings (SSSR count). The number of aromatic hydroxyl groups is 1. The summed E-state index contributed by atoms with van der Waals surface area (Å²) in [6, 6.07) is -0.0760. The number of thioether (sulfide) groups is 1. The van der Waals surface area contributed by atoms with E-state index in [1.165, 1.54) is 23.3 Å². The van der Waals surface area contributed by atoms with Crippen LogP contribution < -0.4 is 16.5 Å². The molecule has 20 nitrogen and oxygen atoms in total. The summed E-state index contributed by atoms with van der Waals surface area (Å²) in [6.07, 6.45) is 0.114. The average molecular weight is 776 g/mol. The number of likely N-dealkylation sites (tertiary alicyclic amines) is 1. The van der Waals surface area contributed by atoms with Crippen LogP contribution in [0.1, 0.15) is 35.4 Å². The Morgan fingerprint density at radius 3 is 2.51 bits per heavy atom. The molecule has 282 valence electrons. The summed E-state index contributed by atoms with van der Waals surface area (Å²) in [5.41, 5.74) is 4.88. The number of nitrogens with zero attached hydrogens (tertiary/aromatic N) is 6. The van der Waals surface area contributed by atoms with E-state index in [0.717, 1.165) is 48.2 Å². The number of β-lactam (4-membered cyclic amide) rings is 1. The van der Waals surface area contributed by atoms with Gasteiger partial charge in [0.15, 0.2) is 16.6 Å². The molecule has 2 aromatic rings. The van der Waals surface area contributed by atoms with Crippen molar-refractivity contribution in [3.8, 4) is 5.75 Å². The van der Waals surface area contributed by atoms with Gasteiger partial charge in [0, 0.05) is 48.7 Å². The Bertz CT molecular complexity index is 2000. The number of fused-ring (bicyclic) bond motifs is 2. The van der Waals surface area contributed by atoms with Gasteiger partial charge < -0.3 is 50.3 Å². The molecule has 4 aliphatic heterocycles. The van der Waals surface area contributed by atoms with Crippen LogP contribution in [0.2, 0.25) is 0 Å². The maximum atomic E-state index is 13.5. The number of hydrogen-bond donors (Lipinski definition) is 6. The van der Waals surface area contributed by atoms with Crippen molar-refractivity contribution in [2.24, 2.45) is 5.16 Å². The topological polar surface area (TPSA) is 284 Å². The molecule has 0 aliphatic carbocycles. The fraction of sp³-hybridized carbons (Fsp3) is 0.452. The lowest BCUT2D eigenvalue weighted by atomic mass is 10.0. The molecule has 0 aromatic carbocycles. The van der Waals surface area contributed by atoms with Gasteiger partial charge in [-0.2, -0.15) is 0 Å². The molecule has 22 heteroatoms. The van der Waals surface area contributed by atoms with Crippen LogP contribution in [0, 0.1) is 0 Å². The molecule has 0 bridgehead atoms. The summed E-state index contributed by atoms with van der Waals surface area (Å²) in [6.45, 7) is 3.37. The van der Waals surface area contributed by atoms with E-state index < -0.39 is 70.6 Å². The van der Waals surface area contributed by atoms with Crippen molar-refractivity contribution in [2.75, 3.05) is 50.8 Å². The number of nitrogens with two attached hydrogens (primary N) is 1. The van der Waals surface area contributed by atoms with Crippen molar-refractivity contribution in [3.63, 3.8) is 0 Å². The van der Waals surface area contributed by atoms with Gasteiger partial charge in [-0.1, -0.05) is 5.16 Å². The summed E-state index contributed by atoms with van der Waals surface area (Å²) >= 11 is 2.19. The maximum absolute atomic E-state index is 13.5. The van der Waals surface area contributed by atoms with Crippen molar-refractivity contribution in [1.82, 2.24) is 24.7 Å². The monoisotopic (exact) mass is 775 g/mol. The van der Waals surface area contributed by atoms with E-state index in [0.29, 0.717) is 42.8 Å². The number of hydrogen-bond acceptors (Lipinski definition) is 14. The van der Waals surface area contributed by atoms with E-state index in [-0.39, 0.29) is 33.9 Å². The Balaban J connectivity index is 1.17. The van der Waals surface area contributed by atoms with Crippen LogP contribution in [0.5, 0.6) is 5.75 Å². The predicted octanol–water partition coefficient (Wildman–Crippen LogP) is -1.25. The SMILES string of the molecule is Nc1nc(/C(=N\O[C@@H](CC(=O)O)C(=O)O)C(=O)N[C@@H]2C(=O)N3C(C(=O)O)=C(C[N+]4(CCN5CCn6cc(O)c(=O)cc6C5=O)CCCC4)CS[C@H]23)cs1. The predicted molar refractivity (Wildman–Crippen MR) is 185 cm³/mol. The van der Waals surface area contributed by atoms with Crippen molar-refractivity contribution >= 4 is 69.6 Å². The quantitative estimate of drug-likeness (QED) is 0.0566. The number of anilines is 1. The molecule has 0 unspecified atom stereocenters. The van der Waals surface area contributed by atoms with Crippen LogP contribution in [0.3, 0.4) is 0 Å². The minimum atomic E-state index is -1.94. The summed E-state index contributed by atoms with van der Waals surface area (Å²) < 4.78 is 2.03. The van der Waals surface area contributed by atoms with Gasteiger partial charge in [0.25, 0.3) is 17.7 Å². The average Bonchev–Trinajstić information content (AvgIpc) is 3.75. The fourth-order valence-corrected chi connectivity index (χ4v) is 8.78. The van der Waals surface area contributed by atoms with Crippen molar-refractivity contribution in [3.05, 3.63) is 50.5 Å². The van der Waals surface area contributed by atoms with E-state index in [9.17, 15) is 48.9 Å². The molecule has 2 fully saturated rings. The number of thiazole rings is 1. The summed E-state index contributed by atoms with van der Waals surface area (Å²) in [5, 5.41) is 45.1. The second-order valence-electron chi connectivity index (χ2n) is 12.9. The van der Waals surface area contributed by atoms with Crippen LogP contribution in [-0.4, -0.2) is 148 Å². The zero-order chi connectivity index (χ0) is 38.2. The second-order valence-corrected chi connectivity index (χ2v) is 14.9. The molecule has 6 heterocycles. The number of carboxylic acid groups (broad SMARTS) is 3. The molecule has 2 aromatic heterocycles. The highest BCUT2D eigenvalue weighted by Crippen LogP contribution is 2.41. The molecule has 0 saturated carbocycles. The zero-order valence-corrected chi connectivity index (χ0v) is 29.5. The number of carboxylic acids is 3. The van der Waals surface area contributed by atoms with E-state index in [1.807, 2.05) is 0 Å². The summed E-state index contributed by atoms with van der Waals surface area (Å²) in [5.74, 6) is -6.72. The molecule has 2 saturated heterocycles. The molecule has 0 spiro atoms. The Morgan fingerprint density at radius 2 is 1.87 bits per heavy atom. The fourth-order valence-electron chi connectivity index (χ4n) is 6.90. The minimum Gasteiger partial charge on any atom is -0.503 e. The third kappa shape index (κ3) is 7.55. The van der Waals surface area contributed by atoms with E-state index in [4.69, 9.17) is 15.7 Å². The van der Waals surface area contributed by atoms with Gasteiger partial charge in [0.1, 0.15) is 35.0 Å². The Morgan fingerprint density at radius 1 is 1.13 bits per heavy atom. The number of amides is 3. The summed E-state index contributed by atoms with van der Waals surface area (Å²) in [7, 11) is 0. The van der Waals surface area contributed by atoms with Gasteiger partial charge >= 0.3 is 17.9 Å². The Labute approximate surface area is 307 Å². The molecule has 3 atom stereocenters. The van der Waals surface area contributed by atoms with Gasteiger partial charge in [-0.25, -0.2) is 14.6 Å². The number of aromatic nitrogens is 2. The second kappa shape index (κ2) is 14.9. The number of pyridine rings is 1. The van der Waals surface area contributed by atoms with E-state index in [1.54, 1.807) is 9.47 Å². The molecule has 3 amide bonds. The van der Waals surface area contributed by atoms with E-state index in [2.05, 4.69) is 15.5 Å². The third-order valence-corrected chi connectivity index (χ3v) is 11.5. The highest BCUT2D eigenvalue weighted by molar-refractivity contribution is 8.00. The molecule has 7 N–H and O–H groups in total. The number of carbonyl (C=O) groups is 6. The molecular weight excluding hydrogens is 741 g/mol. The first kappa shape index (κ1) is 37.3. The van der Waals surface area contributed by atoms with E-state index >= 15 is 0 Å². The zero-order valence-electron chi connectivity index (χ0n) is 27.9. The number of rotatable bonds is 14. The number of nitrogens with one attached hydrogen (secondary N) is 1. The molecular formula is C31H35N8O12S2+. The standard InChI is InChI=1S/C31H34N8O12S2/c32-31-33-16(14-53-31)22(35-51-20(29(47)48)10-21(42)43)25(44)34-23-27(46)38-24(30(49)50)15(13-52-28(23)38)12-39(6-1-2-7-39)8-5-36-3-4-37-11-19(41)18(40)9-17(37)26(36)45/h9,11,14,20,23,28H,1-8,10,12-13H2,(H6-,32,33,34,41,42,43,44,47,48,49,50)/p+1/b35-22+/t20-,23+,28+/m0/s1. The van der Waals surface area contributed by atoms with Crippen LogP contribution >= 0.6 is 23.1 Å². The van der Waals surface area contributed by atoms with Crippen LogP contribution in [0.15, 0.2) is 38.9 Å². The highest BCUT2D eigenvalue weighted by Gasteiger charge is 2.55. The lowest BCUT2D eigenvalue weighted by Crippen LogP contribution is -2.71. The van der Waals surface area contributed by atoms with Crippen LogP contribution in [0.25, 0.3) is 0 Å². The molecule has 4 aliphatic rings. The molecule has 0 radical (unpaired) electrons. The van der Waals surface area contributed by atoms with Gasteiger partial charge in [0.05, 0.1) is 38.8 Å². The lowest BCUT2D eigenvalue weighted by molar-refractivity contribution is -0.911. The minimum absolute atomic E-state index is 0.0302. The van der Waals surface area contributed by atoms with Gasteiger partial charge in [-0.05, 0) is 0 Å². The van der Waals surface area contributed by atoms with Crippen molar-refractivity contribution in [1.29, 1.82) is 0 Å². The van der Waals surface area contributed by atoms with Crippen molar-refractivity contribution in [2.45, 2.75) is 43.3 Å². The maximum Gasteiger partial charge on any atom is 0.352 e.